The predicted octanol–water partition coefficient (Wildman–Crippen LogP) is 2.62. The summed E-state index contributed by atoms with van der Waals surface area (Å²) in [5.41, 5.74) is 9.83. The van der Waals surface area contributed by atoms with Gasteiger partial charge in [-0.15, -0.1) is 0 Å². The van der Waals surface area contributed by atoms with Gasteiger partial charge in [0.1, 0.15) is 0 Å². The van der Waals surface area contributed by atoms with Crippen LogP contribution in [-0.4, -0.2) is 11.0 Å². The molecule has 2 rings (SSSR count). The van der Waals surface area contributed by atoms with Crippen molar-refractivity contribution in [2.75, 3.05) is 0 Å². The molecule has 15 heavy (non-hydrogen) atoms. The minimum absolute atomic E-state index is 0.217. The standard InChI is InChI=1S/C13H18N2/c1-3-10-5-4-6-12-13(10)11(8-15-12)7-9(2)14/h4-6,8-9,15H,3,7,14H2,1-2H3. The lowest BCUT2D eigenvalue weighted by atomic mass is 10.0. The number of fused-ring (bicyclic) bond motifs is 1. The van der Waals surface area contributed by atoms with Crippen molar-refractivity contribution in [1.82, 2.24) is 4.98 Å². The number of nitrogens with two attached hydrogens (primary N) is 1. The zero-order valence-electron chi connectivity index (χ0n) is 9.38. The van der Waals surface area contributed by atoms with Gasteiger partial charge in [-0.05, 0) is 37.0 Å². The van der Waals surface area contributed by atoms with Crippen molar-refractivity contribution < 1.29 is 0 Å². The van der Waals surface area contributed by atoms with Crippen LogP contribution < -0.4 is 5.73 Å². The van der Waals surface area contributed by atoms with Crippen LogP contribution in [0.15, 0.2) is 24.4 Å². The molecule has 2 nitrogen and oxygen atoms in total. The molecule has 2 aromatic rings. The van der Waals surface area contributed by atoms with Crippen LogP contribution in [0.1, 0.15) is 25.0 Å². The fourth-order valence-electron chi connectivity index (χ4n) is 2.14. The van der Waals surface area contributed by atoms with Gasteiger partial charge in [0.25, 0.3) is 0 Å². The van der Waals surface area contributed by atoms with Gasteiger partial charge in [-0.1, -0.05) is 19.1 Å². The highest BCUT2D eigenvalue weighted by Gasteiger charge is 2.08. The van der Waals surface area contributed by atoms with E-state index in [0.717, 1.165) is 12.8 Å². The maximum atomic E-state index is 5.85. The Morgan fingerprint density at radius 3 is 2.80 bits per heavy atom. The second-order valence-corrected chi connectivity index (χ2v) is 4.19. The fourth-order valence-corrected chi connectivity index (χ4v) is 2.14. The first-order valence-corrected chi connectivity index (χ1v) is 5.55. The smallest absolute Gasteiger partial charge is 0.0459 e. The van der Waals surface area contributed by atoms with Crippen LogP contribution in [0.5, 0.6) is 0 Å². The number of aromatic amines is 1. The van der Waals surface area contributed by atoms with Gasteiger partial charge < -0.3 is 10.7 Å². The van der Waals surface area contributed by atoms with Gasteiger partial charge in [-0.2, -0.15) is 0 Å². The SMILES string of the molecule is CCc1cccc2[nH]cc(CC(C)N)c12. The molecule has 1 unspecified atom stereocenters. The van der Waals surface area contributed by atoms with Crippen LogP contribution >= 0.6 is 0 Å². The van der Waals surface area contributed by atoms with Gasteiger partial charge in [0.15, 0.2) is 0 Å². The number of H-pyrrole nitrogens is 1. The Bertz CT molecular complexity index is 455. The Labute approximate surface area is 90.5 Å². The van der Waals surface area contributed by atoms with Gasteiger partial charge in [0, 0.05) is 23.1 Å². The number of hydrogen-bond acceptors (Lipinski definition) is 1. The number of rotatable bonds is 3. The van der Waals surface area contributed by atoms with E-state index < -0.39 is 0 Å². The molecule has 1 aromatic heterocycles. The molecule has 0 spiro atoms. The van der Waals surface area contributed by atoms with Crippen molar-refractivity contribution in [3.8, 4) is 0 Å². The maximum absolute atomic E-state index is 5.85. The fraction of sp³-hybridized carbons (Fsp3) is 0.385. The molecular formula is C13H18N2. The molecule has 0 aliphatic rings. The first kappa shape index (κ1) is 10.2. The molecule has 1 atom stereocenters. The zero-order chi connectivity index (χ0) is 10.8. The highest BCUT2D eigenvalue weighted by Crippen LogP contribution is 2.23. The van der Waals surface area contributed by atoms with E-state index in [0.29, 0.717) is 0 Å². The molecule has 0 fully saturated rings. The van der Waals surface area contributed by atoms with E-state index in [9.17, 15) is 0 Å². The minimum atomic E-state index is 0.217. The molecule has 2 heteroatoms. The van der Waals surface area contributed by atoms with Crippen LogP contribution in [0.4, 0.5) is 0 Å². The minimum Gasteiger partial charge on any atom is -0.361 e. The highest BCUT2D eigenvalue weighted by atomic mass is 14.7. The topological polar surface area (TPSA) is 41.8 Å². The second kappa shape index (κ2) is 4.07. The monoisotopic (exact) mass is 202 g/mol. The highest BCUT2D eigenvalue weighted by molar-refractivity contribution is 5.86. The number of hydrogen-bond donors (Lipinski definition) is 2. The molecular weight excluding hydrogens is 184 g/mol. The molecule has 80 valence electrons. The number of benzene rings is 1. The van der Waals surface area contributed by atoms with E-state index in [-0.39, 0.29) is 6.04 Å². The van der Waals surface area contributed by atoms with Crippen LogP contribution in [0.2, 0.25) is 0 Å². The number of nitrogens with one attached hydrogen (secondary N) is 1. The molecule has 0 saturated carbocycles. The largest absolute Gasteiger partial charge is 0.361 e. The summed E-state index contributed by atoms with van der Waals surface area (Å²) in [6.07, 6.45) is 4.10. The van der Waals surface area contributed by atoms with Crippen molar-refractivity contribution in [3.63, 3.8) is 0 Å². The summed E-state index contributed by atoms with van der Waals surface area (Å²) in [4.78, 5) is 3.31. The van der Waals surface area contributed by atoms with Crippen molar-refractivity contribution in [2.45, 2.75) is 32.7 Å². The normalized spacial score (nSPS) is 13.3. The Balaban J connectivity index is 2.55. The van der Waals surface area contributed by atoms with Crippen LogP contribution in [-0.2, 0) is 12.8 Å². The quantitative estimate of drug-likeness (QED) is 0.789. The molecule has 0 amide bonds. The first-order chi connectivity index (χ1) is 7.22. The number of aromatic nitrogens is 1. The van der Waals surface area contributed by atoms with Crippen LogP contribution in [0.25, 0.3) is 10.9 Å². The van der Waals surface area contributed by atoms with E-state index >= 15 is 0 Å². The lowest BCUT2D eigenvalue weighted by Crippen LogP contribution is -2.17. The summed E-state index contributed by atoms with van der Waals surface area (Å²) in [6, 6.07) is 6.64. The Hall–Kier alpha value is -1.28. The van der Waals surface area contributed by atoms with Gasteiger partial charge in [-0.25, -0.2) is 0 Å². The summed E-state index contributed by atoms with van der Waals surface area (Å²) in [6.45, 7) is 4.24. The number of aryl methyl sites for hydroxylation is 1. The van der Waals surface area contributed by atoms with Crippen molar-refractivity contribution >= 4 is 10.9 Å². The third-order valence-electron chi connectivity index (χ3n) is 2.80. The summed E-state index contributed by atoms with van der Waals surface area (Å²) < 4.78 is 0. The van der Waals surface area contributed by atoms with Gasteiger partial charge >= 0.3 is 0 Å². The molecule has 1 heterocycles. The van der Waals surface area contributed by atoms with Crippen molar-refractivity contribution in [3.05, 3.63) is 35.5 Å². The van der Waals surface area contributed by atoms with Crippen molar-refractivity contribution in [2.24, 2.45) is 5.73 Å². The molecule has 0 aliphatic carbocycles. The molecule has 0 bridgehead atoms. The molecule has 0 radical (unpaired) electrons. The van der Waals surface area contributed by atoms with Crippen molar-refractivity contribution in [1.29, 1.82) is 0 Å². The van der Waals surface area contributed by atoms with E-state index in [1.54, 1.807) is 0 Å². The molecule has 3 N–H and O–H groups in total. The molecule has 1 aromatic carbocycles. The summed E-state index contributed by atoms with van der Waals surface area (Å²) in [5.74, 6) is 0. The summed E-state index contributed by atoms with van der Waals surface area (Å²) in [5, 5.41) is 1.37. The van der Waals surface area contributed by atoms with Gasteiger partial charge in [0.05, 0.1) is 0 Å². The van der Waals surface area contributed by atoms with E-state index in [1.165, 1.54) is 22.0 Å². The van der Waals surface area contributed by atoms with Gasteiger partial charge in [0.2, 0.25) is 0 Å². The molecule has 0 saturated heterocycles. The third kappa shape index (κ3) is 1.90. The van der Waals surface area contributed by atoms with Crippen LogP contribution in [0.3, 0.4) is 0 Å². The van der Waals surface area contributed by atoms with Gasteiger partial charge in [-0.3, -0.25) is 0 Å². The third-order valence-corrected chi connectivity index (χ3v) is 2.80. The predicted molar refractivity (Wildman–Crippen MR) is 65.0 cm³/mol. The Kier molecular flexibility index (Phi) is 2.78. The van der Waals surface area contributed by atoms with Crippen LogP contribution in [0, 0.1) is 0 Å². The average Bonchev–Trinajstić information content (AvgIpc) is 2.61. The van der Waals surface area contributed by atoms with E-state index in [4.69, 9.17) is 5.73 Å². The van der Waals surface area contributed by atoms with E-state index in [2.05, 4.69) is 36.3 Å². The Morgan fingerprint density at radius 2 is 2.13 bits per heavy atom. The first-order valence-electron chi connectivity index (χ1n) is 5.55. The lowest BCUT2D eigenvalue weighted by molar-refractivity contribution is 0.741. The summed E-state index contributed by atoms with van der Waals surface area (Å²) in [7, 11) is 0. The lowest BCUT2D eigenvalue weighted by Gasteiger charge is -2.06. The van der Waals surface area contributed by atoms with E-state index in [1.807, 2.05) is 6.92 Å². The summed E-state index contributed by atoms with van der Waals surface area (Å²) >= 11 is 0. The Morgan fingerprint density at radius 1 is 1.33 bits per heavy atom. The average molecular weight is 202 g/mol. The second-order valence-electron chi connectivity index (χ2n) is 4.19. The molecule has 0 aliphatic heterocycles. The zero-order valence-corrected chi connectivity index (χ0v) is 9.38. The maximum Gasteiger partial charge on any atom is 0.0459 e.